The summed E-state index contributed by atoms with van der Waals surface area (Å²) in [5, 5.41) is 8.84. The van der Waals surface area contributed by atoms with E-state index in [0.29, 0.717) is 19.4 Å². The molecule has 1 fully saturated rings. The lowest BCUT2D eigenvalue weighted by molar-refractivity contribution is -0.219. The number of aliphatic hydroxyl groups excluding tert-OH is 1. The predicted octanol–water partition coefficient (Wildman–Crippen LogP) is 1.59. The minimum atomic E-state index is -4.63. The highest BCUT2D eigenvalue weighted by atomic mass is 32.2. The summed E-state index contributed by atoms with van der Waals surface area (Å²) >= 11 is 0. The van der Waals surface area contributed by atoms with Crippen molar-refractivity contribution in [2.45, 2.75) is 56.7 Å². The van der Waals surface area contributed by atoms with Crippen LogP contribution in [-0.4, -0.2) is 60.8 Å². The number of nitrogens with zero attached hydrogens (tertiary/aromatic N) is 1. The molecule has 1 aliphatic heterocycles. The normalized spacial score (nSPS) is 23.4. The second kappa shape index (κ2) is 6.62. The lowest BCUT2D eigenvalue weighted by Gasteiger charge is -2.29. The number of likely N-dealkylation sites (tertiary alicyclic amines) is 1. The highest BCUT2D eigenvalue weighted by Gasteiger charge is 2.46. The van der Waals surface area contributed by atoms with Crippen LogP contribution in [0.5, 0.6) is 0 Å². The van der Waals surface area contributed by atoms with Crippen LogP contribution in [0.1, 0.15) is 33.1 Å². The zero-order valence-corrected chi connectivity index (χ0v) is 12.5. The molecule has 4 nitrogen and oxygen atoms in total. The zero-order chi connectivity index (χ0) is 15.6. The summed E-state index contributed by atoms with van der Waals surface area (Å²) in [5.74, 6) is -0.0317. The minimum Gasteiger partial charge on any atom is -0.382 e. The molecule has 1 N–H and O–H groups in total. The van der Waals surface area contributed by atoms with Gasteiger partial charge in [-0.3, -0.25) is 4.90 Å². The standard InChI is InChI=1S/C12H22F3NO3S/c1-9(2)20(18,19)8-4-7-16-6-3-5-10(16)11(17)12(13,14)15/h9-11,17H,3-8H2,1-2H3/t10-,11-/m0/s1. The van der Waals surface area contributed by atoms with Crippen molar-refractivity contribution in [2.75, 3.05) is 18.8 Å². The molecule has 120 valence electrons. The van der Waals surface area contributed by atoms with E-state index in [0.717, 1.165) is 0 Å². The van der Waals surface area contributed by atoms with Gasteiger partial charge in [0.2, 0.25) is 0 Å². The van der Waals surface area contributed by atoms with Gasteiger partial charge in [0.25, 0.3) is 0 Å². The van der Waals surface area contributed by atoms with Crippen molar-refractivity contribution in [3.8, 4) is 0 Å². The van der Waals surface area contributed by atoms with E-state index >= 15 is 0 Å². The van der Waals surface area contributed by atoms with E-state index in [2.05, 4.69) is 0 Å². The molecule has 1 heterocycles. The molecule has 0 aromatic heterocycles. The summed E-state index contributed by atoms with van der Waals surface area (Å²) in [6, 6.07) is -0.947. The quantitative estimate of drug-likeness (QED) is 0.808. The van der Waals surface area contributed by atoms with E-state index in [-0.39, 0.29) is 18.7 Å². The molecule has 0 bridgehead atoms. The minimum absolute atomic E-state index is 0.0317. The Labute approximate surface area is 117 Å². The predicted molar refractivity (Wildman–Crippen MR) is 70.2 cm³/mol. The second-order valence-corrected chi connectivity index (χ2v) is 8.18. The van der Waals surface area contributed by atoms with Crippen LogP contribution in [0.2, 0.25) is 0 Å². The van der Waals surface area contributed by atoms with E-state index < -0.39 is 33.4 Å². The van der Waals surface area contributed by atoms with Crippen LogP contribution in [0.15, 0.2) is 0 Å². The van der Waals surface area contributed by atoms with E-state index in [4.69, 9.17) is 0 Å². The number of sulfone groups is 1. The molecule has 1 saturated heterocycles. The van der Waals surface area contributed by atoms with Crippen molar-refractivity contribution >= 4 is 9.84 Å². The summed E-state index contributed by atoms with van der Waals surface area (Å²) in [7, 11) is -3.17. The van der Waals surface area contributed by atoms with Crippen LogP contribution in [0.25, 0.3) is 0 Å². The molecule has 0 aromatic rings. The fraction of sp³-hybridized carbons (Fsp3) is 1.00. The molecule has 20 heavy (non-hydrogen) atoms. The number of hydrogen-bond acceptors (Lipinski definition) is 4. The molecule has 2 atom stereocenters. The summed E-state index contributed by atoms with van der Waals surface area (Å²) < 4.78 is 60.8. The fourth-order valence-electron chi connectivity index (χ4n) is 2.41. The molecule has 0 saturated carbocycles. The first-order valence-corrected chi connectivity index (χ1v) is 8.47. The lowest BCUT2D eigenvalue weighted by Crippen LogP contribution is -2.47. The molecule has 0 aromatic carbocycles. The van der Waals surface area contributed by atoms with Gasteiger partial charge in [-0.2, -0.15) is 13.2 Å². The first-order valence-electron chi connectivity index (χ1n) is 6.76. The van der Waals surface area contributed by atoms with E-state index in [1.165, 1.54) is 0 Å². The average molecular weight is 317 g/mol. The summed E-state index contributed by atoms with van der Waals surface area (Å²) in [6.07, 6.45) is -5.81. The maximum Gasteiger partial charge on any atom is 0.415 e. The van der Waals surface area contributed by atoms with Gasteiger partial charge >= 0.3 is 6.18 Å². The van der Waals surface area contributed by atoms with Crippen LogP contribution in [0.4, 0.5) is 13.2 Å². The van der Waals surface area contributed by atoms with Crippen LogP contribution in [0.3, 0.4) is 0 Å². The Balaban J connectivity index is 2.51. The van der Waals surface area contributed by atoms with Gasteiger partial charge in [0.1, 0.15) is 0 Å². The van der Waals surface area contributed by atoms with Gasteiger partial charge in [0, 0.05) is 6.04 Å². The number of alkyl halides is 3. The van der Waals surface area contributed by atoms with Gasteiger partial charge in [-0.05, 0) is 46.2 Å². The van der Waals surface area contributed by atoms with E-state index in [1.54, 1.807) is 18.7 Å². The third kappa shape index (κ3) is 4.60. The molecule has 0 spiro atoms. The zero-order valence-electron chi connectivity index (χ0n) is 11.7. The van der Waals surface area contributed by atoms with Crippen LogP contribution < -0.4 is 0 Å². The fourth-order valence-corrected chi connectivity index (χ4v) is 3.41. The van der Waals surface area contributed by atoms with Crippen molar-refractivity contribution in [1.82, 2.24) is 4.90 Å². The van der Waals surface area contributed by atoms with Crippen molar-refractivity contribution in [2.24, 2.45) is 0 Å². The van der Waals surface area contributed by atoms with Crippen molar-refractivity contribution < 1.29 is 26.7 Å². The molecule has 8 heteroatoms. The van der Waals surface area contributed by atoms with E-state index in [9.17, 15) is 26.7 Å². The van der Waals surface area contributed by atoms with Crippen molar-refractivity contribution in [1.29, 1.82) is 0 Å². The molecule has 0 radical (unpaired) electrons. The Bertz CT molecular complexity index is 409. The Morgan fingerprint density at radius 1 is 1.35 bits per heavy atom. The molecule has 1 aliphatic rings. The molecule has 0 amide bonds. The molecule has 1 rings (SSSR count). The highest BCUT2D eigenvalue weighted by Crippen LogP contribution is 2.30. The Morgan fingerprint density at radius 3 is 2.45 bits per heavy atom. The monoisotopic (exact) mass is 317 g/mol. The smallest absolute Gasteiger partial charge is 0.382 e. The van der Waals surface area contributed by atoms with Gasteiger partial charge in [-0.25, -0.2) is 8.42 Å². The first kappa shape index (κ1) is 17.7. The Kier molecular flexibility index (Phi) is 5.86. The Morgan fingerprint density at radius 2 is 1.95 bits per heavy atom. The van der Waals surface area contributed by atoms with Gasteiger partial charge < -0.3 is 5.11 Å². The highest BCUT2D eigenvalue weighted by molar-refractivity contribution is 7.91. The van der Waals surface area contributed by atoms with E-state index in [1.807, 2.05) is 0 Å². The van der Waals surface area contributed by atoms with Crippen molar-refractivity contribution in [3.05, 3.63) is 0 Å². The van der Waals surface area contributed by atoms with Crippen LogP contribution >= 0.6 is 0 Å². The van der Waals surface area contributed by atoms with Crippen LogP contribution in [-0.2, 0) is 9.84 Å². The number of aliphatic hydroxyl groups is 1. The summed E-state index contributed by atoms with van der Waals surface area (Å²) in [6.45, 7) is 3.91. The second-order valence-electron chi connectivity index (χ2n) is 5.50. The number of hydrogen-bond donors (Lipinski definition) is 1. The average Bonchev–Trinajstić information content (AvgIpc) is 2.74. The molecular formula is C12H22F3NO3S. The van der Waals surface area contributed by atoms with Crippen molar-refractivity contribution in [3.63, 3.8) is 0 Å². The van der Waals surface area contributed by atoms with Gasteiger partial charge in [-0.1, -0.05) is 0 Å². The lowest BCUT2D eigenvalue weighted by atomic mass is 10.1. The maximum atomic E-state index is 12.5. The summed E-state index contributed by atoms with van der Waals surface area (Å²) in [4.78, 5) is 1.55. The molecule has 0 aliphatic carbocycles. The van der Waals surface area contributed by atoms with Gasteiger partial charge in [0.15, 0.2) is 15.9 Å². The third-order valence-electron chi connectivity index (χ3n) is 3.71. The van der Waals surface area contributed by atoms with Gasteiger partial charge in [-0.15, -0.1) is 0 Å². The largest absolute Gasteiger partial charge is 0.415 e. The maximum absolute atomic E-state index is 12.5. The van der Waals surface area contributed by atoms with Gasteiger partial charge in [0.05, 0.1) is 11.0 Å². The number of rotatable bonds is 6. The number of halogens is 3. The molecular weight excluding hydrogens is 295 g/mol. The summed E-state index contributed by atoms with van der Waals surface area (Å²) in [5.41, 5.74) is 0. The SMILES string of the molecule is CC(C)S(=O)(=O)CCCN1CCC[C@H]1[C@H](O)C(F)(F)F. The third-order valence-corrected chi connectivity index (χ3v) is 6.00. The topological polar surface area (TPSA) is 57.6 Å². The first-order chi connectivity index (χ1) is 9.05. The van der Waals surface area contributed by atoms with Crippen LogP contribution in [0, 0.1) is 0 Å². The Hall–Kier alpha value is -0.340. The molecule has 0 unspecified atom stereocenters.